The number of ether oxygens (including phenoxy) is 1. The lowest BCUT2D eigenvalue weighted by molar-refractivity contribution is -0.149. The number of esters is 1. The number of hydrogen-bond acceptors (Lipinski definition) is 2. The number of carbonyl (C=O) groups excluding carboxylic acids is 1. The monoisotopic (exact) mass is 396 g/mol. The molecular weight excluding hydrogens is 344 g/mol. The first-order valence-electron chi connectivity index (χ1n) is 12.9. The van der Waals surface area contributed by atoms with Gasteiger partial charge in [0.05, 0.1) is 12.5 Å². The van der Waals surface area contributed by atoms with Crippen LogP contribution < -0.4 is 0 Å². The Bertz CT molecular complexity index is 314. The third-order valence-corrected chi connectivity index (χ3v) is 5.89. The molecule has 0 radical (unpaired) electrons. The second-order valence-electron chi connectivity index (χ2n) is 8.75. The van der Waals surface area contributed by atoms with E-state index in [1.54, 1.807) is 0 Å². The van der Waals surface area contributed by atoms with Crippen LogP contribution >= 0.6 is 0 Å². The van der Waals surface area contributed by atoms with Crippen LogP contribution in [0.1, 0.15) is 149 Å². The van der Waals surface area contributed by atoms with Gasteiger partial charge >= 0.3 is 5.97 Å². The van der Waals surface area contributed by atoms with Gasteiger partial charge in [0.15, 0.2) is 0 Å². The molecule has 0 aromatic carbocycles. The molecule has 28 heavy (non-hydrogen) atoms. The fraction of sp³-hybridized carbons (Fsp3) is 0.962. The summed E-state index contributed by atoms with van der Waals surface area (Å²) in [6.07, 6.45) is 25.1. The minimum Gasteiger partial charge on any atom is -0.465 e. The number of hydrogen-bond donors (Lipinski definition) is 0. The molecule has 1 atom stereocenters. The smallest absolute Gasteiger partial charge is 0.308 e. The van der Waals surface area contributed by atoms with Gasteiger partial charge in [-0.3, -0.25) is 4.79 Å². The molecular formula is C26H52O2. The highest BCUT2D eigenvalue weighted by molar-refractivity contribution is 5.72. The number of carbonyl (C=O) groups is 1. The van der Waals surface area contributed by atoms with E-state index in [0.29, 0.717) is 6.61 Å². The molecule has 0 rings (SSSR count). The van der Waals surface area contributed by atoms with Crippen molar-refractivity contribution in [3.8, 4) is 0 Å². The average Bonchev–Trinajstić information content (AvgIpc) is 2.70. The molecule has 0 heterocycles. The Labute approximate surface area is 177 Å². The molecule has 2 heteroatoms. The molecule has 0 aliphatic heterocycles. The first kappa shape index (κ1) is 27.5. The summed E-state index contributed by atoms with van der Waals surface area (Å²) in [5.74, 6) is 0.243. The van der Waals surface area contributed by atoms with E-state index < -0.39 is 0 Å². The van der Waals surface area contributed by atoms with Gasteiger partial charge in [0.2, 0.25) is 0 Å². The van der Waals surface area contributed by atoms with Gasteiger partial charge in [-0.2, -0.15) is 0 Å². The number of unbranched alkanes of at least 4 members (excludes halogenated alkanes) is 15. The minimum atomic E-state index is 0.0926. The molecule has 0 amide bonds. The van der Waals surface area contributed by atoms with Crippen molar-refractivity contribution in [2.45, 2.75) is 149 Å². The van der Waals surface area contributed by atoms with E-state index in [0.717, 1.165) is 19.3 Å². The maximum atomic E-state index is 12.6. The molecule has 0 aliphatic rings. The van der Waals surface area contributed by atoms with Crippen molar-refractivity contribution >= 4 is 5.97 Å². The maximum Gasteiger partial charge on any atom is 0.308 e. The zero-order chi connectivity index (χ0) is 20.7. The Morgan fingerprint density at radius 2 is 0.893 bits per heavy atom. The fourth-order valence-electron chi connectivity index (χ4n) is 3.90. The highest BCUT2D eigenvalue weighted by Gasteiger charge is 2.19. The van der Waals surface area contributed by atoms with Crippen molar-refractivity contribution in [3.63, 3.8) is 0 Å². The standard InChI is InChI=1S/C26H52O2/c1-4-7-10-13-15-17-20-23-25(22-19-16-12-9-6-3)26(27)28-24-21-18-14-11-8-5-2/h25H,4-24H2,1-3H3. The van der Waals surface area contributed by atoms with Crippen LogP contribution in [0.5, 0.6) is 0 Å². The maximum absolute atomic E-state index is 12.6. The van der Waals surface area contributed by atoms with E-state index in [4.69, 9.17) is 4.74 Å². The van der Waals surface area contributed by atoms with Crippen LogP contribution in [0.4, 0.5) is 0 Å². The van der Waals surface area contributed by atoms with Gasteiger partial charge in [0, 0.05) is 0 Å². The molecule has 0 saturated carbocycles. The van der Waals surface area contributed by atoms with Crippen LogP contribution in [0.3, 0.4) is 0 Å². The van der Waals surface area contributed by atoms with Crippen molar-refractivity contribution in [2.24, 2.45) is 5.92 Å². The lowest BCUT2D eigenvalue weighted by Gasteiger charge is -2.16. The van der Waals surface area contributed by atoms with Crippen LogP contribution in [-0.4, -0.2) is 12.6 Å². The van der Waals surface area contributed by atoms with Crippen molar-refractivity contribution in [3.05, 3.63) is 0 Å². The summed E-state index contributed by atoms with van der Waals surface area (Å²) in [5.41, 5.74) is 0. The van der Waals surface area contributed by atoms with Crippen molar-refractivity contribution < 1.29 is 9.53 Å². The Balaban J connectivity index is 3.99. The van der Waals surface area contributed by atoms with E-state index in [9.17, 15) is 4.79 Å². The van der Waals surface area contributed by atoms with E-state index in [1.165, 1.54) is 109 Å². The summed E-state index contributed by atoms with van der Waals surface area (Å²) in [7, 11) is 0. The second-order valence-corrected chi connectivity index (χ2v) is 8.75. The molecule has 0 N–H and O–H groups in total. The van der Waals surface area contributed by atoms with Gasteiger partial charge in [-0.15, -0.1) is 0 Å². The Hall–Kier alpha value is -0.530. The lowest BCUT2D eigenvalue weighted by Crippen LogP contribution is -2.18. The molecule has 0 fully saturated rings. The third-order valence-electron chi connectivity index (χ3n) is 5.89. The van der Waals surface area contributed by atoms with E-state index in [1.807, 2.05) is 0 Å². The zero-order valence-corrected chi connectivity index (χ0v) is 19.7. The molecule has 0 aromatic rings. The summed E-state index contributed by atoms with van der Waals surface area (Å²) >= 11 is 0. The van der Waals surface area contributed by atoms with Crippen molar-refractivity contribution in [1.82, 2.24) is 0 Å². The Morgan fingerprint density at radius 1 is 0.536 bits per heavy atom. The Kier molecular flexibility index (Phi) is 22.3. The zero-order valence-electron chi connectivity index (χ0n) is 19.7. The Morgan fingerprint density at radius 3 is 1.32 bits per heavy atom. The van der Waals surface area contributed by atoms with Crippen LogP contribution in [0.15, 0.2) is 0 Å². The van der Waals surface area contributed by atoms with Crippen LogP contribution in [-0.2, 0) is 9.53 Å². The van der Waals surface area contributed by atoms with Crippen LogP contribution in [0.2, 0.25) is 0 Å². The van der Waals surface area contributed by atoms with E-state index in [-0.39, 0.29) is 11.9 Å². The molecule has 2 nitrogen and oxygen atoms in total. The van der Waals surface area contributed by atoms with E-state index >= 15 is 0 Å². The SMILES string of the molecule is CCCCCCCCCC(CCCCCCC)C(=O)OCCCCCCCC. The molecule has 0 aromatic heterocycles. The molecule has 0 aliphatic carbocycles. The van der Waals surface area contributed by atoms with Gasteiger partial charge < -0.3 is 4.74 Å². The highest BCUT2D eigenvalue weighted by atomic mass is 16.5. The average molecular weight is 397 g/mol. The molecule has 0 bridgehead atoms. The summed E-state index contributed by atoms with van der Waals surface area (Å²) in [4.78, 5) is 12.6. The molecule has 1 unspecified atom stereocenters. The molecule has 0 spiro atoms. The third kappa shape index (κ3) is 18.8. The molecule has 0 saturated heterocycles. The summed E-state index contributed by atoms with van der Waals surface area (Å²) in [5, 5.41) is 0. The summed E-state index contributed by atoms with van der Waals surface area (Å²) in [6, 6.07) is 0. The topological polar surface area (TPSA) is 26.3 Å². The van der Waals surface area contributed by atoms with E-state index in [2.05, 4.69) is 20.8 Å². The molecule has 168 valence electrons. The van der Waals surface area contributed by atoms with Gasteiger partial charge in [0.25, 0.3) is 0 Å². The summed E-state index contributed by atoms with van der Waals surface area (Å²) < 4.78 is 5.66. The predicted molar refractivity (Wildman–Crippen MR) is 124 cm³/mol. The lowest BCUT2D eigenvalue weighted by atomic mass is 9.94. The van der Waals surface area contributed by atoms with Gasteiger partial charge in [-0.25, -0.2) is 0 Å². The van der Waals surface area contributed by atoms with Gasteiger partial charge in [0.1, 0.15) is 0 Å². The first-order chi connectivity index (χ1) is 13.8. The minimum absolute atomic E-state index is 0.0926. The normalized spacial score (nSPS) is 12.2. The quantitative estimate of drug-likeness (QED) is 0.135. The number of rotatable bonds is 22. The van der Waals surface area contributed by atoms with Gasteiger partial charge in [-0.1, -0.05) is 130 Å². The van der Waals surface area contributed by atoms with Crippen molar-refractivity contribution in [2.75, 3.05) is 6.61 Å². The van der Waals surface area contributed by atoms with Gasteiger partial charge in [-0.05, 0) is 19.3 Å². The van der Waals surface area contributed by atoms with Crippen LogP contribution in [0.25, 0.3) is 0 Å². The van der Waals surface area contributed by atoms with Crippen molar-refractivity contribution in [1.29, 1.82) is 0 Å². The van der Waals surface area contributed by atoms with Crippen LogP contribution in [0, 0.1) is 5.92 Å². The largest absolute Gasteiger partial charge is 0.465 e. The summed E-state index contributed by atoms with van der Waals surface area (Å²) in [6.45, 7) is 7.40. The highest BCUT2D eigenvalue weighted by Crippen LogP contribution is 2.21. The first-order valence-corrected chi connectivity index (χ1v) is 12.9. The fourth-order valence-corrected chi connectivity index (χ4v) is 3.90. The predicted octanol–water partition coefficient (Wildman–Crippen LogP) is 9.01. The second kappa shape index (κ2) is 22.8.